The summed E-state index contributed by atoms with van der Waals surface area (Å²) < 4.78 is 8.76. The van der Waals surface area contributed by atoms with Crippen LogP contribution < -0.4 is 15.6 Å². The predicted molar refractivity (Wildman–Crippen MR) is 125 cm³/mol. The number of thioether (sulfide) groups is 1. The first-order valence-corrected chi connectivity index (χ1v) is 11.5. The van der Waals surface area contributed by atoms with Crippen LogP contribution in [0.15, 0.2) is 58.5 Å². The van der Waals surface area contributed by atoms with Crippen molar-refractivity contribution in [3.63, 3.8) is 0 Å². The first kappa shape index (κ1) is 21.9. The number of nitrogens with one attached hydrogen (secondary N) is 1. The molecule has 4 aromatic rings. The van der Waals surface area contributed by atoms with E-state index < -0.39 is 0 Å². The van der Waals surface area contributed by atoms with Gasteiger partial charge in [-0.15, -0.1) is 10.2 Å². The van der Waals surface area contributed by atoms with E-state index in [9.17, 15) is 9.59 Å². The summed E-state index contributed by atoms with van der Waals surface area (Å²) in [5.74, 6) is 1.33. The van der Waals surface area contributed by atoms with E-state index in [0.717, 1.165) is 29.7 Å². The van der Waals surface area contributed by atoms with Crippen molar-refractivity contribution in [3.05, 3.63) is 64.4 Å². The Morgan fingerprint density at radius 1 is 1.16 bits per heavy atom. The maximum atomic E-state index is 13.0. The lowest BCUT2D eigenvalue weighted by Gasteiger charge is -2.11. The van der Waals surface area contributed by atoms with Crippen LogP contribution >= 0.6 is 11.8 Å². The monoisotopic (exact) mass is 451 g/mol. The number of hydrogen-bond acceptors (Lipinski definition) is 6. The number of aryl methyl sites for hydroxylation is 1. The molecule has 0 bridgehead atoms. The van der Waals surface area contributed by atoms with E-state index in [4.69, 9.17) is 4.74 Å². The second-order valence-electron chi connectivity index (χ2n) is 7.36. The fourth-order valence-electron chi connectivity index (χ4n) is 3.51. The first-order valence-electron chi connectivity index (χ1n) is 10.5. The van der Waals surface area contributed by atoms with Crippen LogP contribution in [-0.2, 0) is 17.9 Å². The largest absolute Gasteiger partial charge is 0.497 e. The van der Waals surface area contributed by atoms with Gasteiger partial charge in [0.2, 0.25) is 11.7 Å². The van der Waals surface area contributed by atoms with Gasteiger partial charge in [-0.2, -0.15) is 0 Å². The molecule has 0 spiro atoms. The molecular formula is C23H25N5O3S. The third kappa shape index (κ3) is 4.47. The number of ether oxygens (including phenoxy) is 1. The fourth-order valence-corrected chi connectivity index (χ4v) is 4.28. The normalized spacial score (nSPS) is 11.2. The van der Waals surface area contributed by atoms with Crippen LogP contribution in [0, 0.1) is 0 Å². The summed E-state index contributed by atoms with van der Waals surface area (Å²) in [5, 5.41) is 12.7. The quantitative estimate of drug-likeness (QED) is 0.393. The number of unbranched alkanes of at least 4 members (excludes halogenated alkanes) is 1. The van der Waals surface area contributed by atoms with Crippen molar-refractivity contribution in [3.8, 4) is 5.75 Å². The number of aromatic nitrogens is 4. The van der Waals surface area contributed by atoms with E-state index in [1.54, 1.807) is 11.7 Å². The Morgan fingerprint density at radius 3 is 2.81 bits per heavy atom. The van der Waals surface area contributed by atoms with Gasteiger partial charge in [-0.25, -0.2) is 0 Å². The van der Waals surface area contributed by atoms with E-state index >= 15 is 0 Å². The second-order valence-corrected chi connectivity index (χ2v) is 8.30. The minimum atomic E-state index is -0.113. The van der Waals surface area contributed by atoms with Crippen molar-refractivity contribution < 1.29 is 9.53 Å². The molecule has 2 heterocycles. The molecule has 0 radical (unpaired) electrons. The molecule has 2 aromatic heterocycles. The minimum Gasteiger partial charge on any atom is -0.497 e. The van der Waals surface area contributed by atoms with Crippen LogP contribution in [0.3, 0.4) is 0 Å². The molecule has 1 amide bonds. The highest BCUT2D eigenvalue weighted by Crippen LogP contribution is 2.22. The van der Waals surface area contributed by atoms with Gasteiger partial charge < -0.3 is 10.1 Å². The molecule has 2 aromatic carbocycles. The van der Waals surface area contributed by atoms with Crippen LogP contribution in [0.2, 0.25) is 0 Å². The molecule has 0 saturated heterocycles. The van der Waals surface area contributed by atoms with Crippen molar-refractivity contribution in [2.75, 3.05) is 12.9 Å². The van der Waals surface area contributed by atoms with Crippen molar-refractivity contribution >= 4 is 34.3 Å². The van der Waals surface area contributed by atoms with Gasteiger partial charge in [-0.3, -0.25) is 18.6 Å². The first-order chi connectivity index (χ1) is 15.6. The number of carbonyl (C=O) groups is 1. The summed E-state index contributed by atoms with van der Waals surface area (Å²) in [6, 6.07) is 15.0. The molecule has 9 heteroatoms. The molecule has 4 rings (SSSR count). The average molecular weight is 452 g/mol. The minimum absolute atomic E-state index is 0.0680. The highest BCUT2D eigenvalue weighted by molar-refractivity contribution is 7.99. The molecule has 8 nitrogen and oxygen atoms in total. The number of fused-ring (bicyclic) bond motifs is 3. The number of nitrogens with zero attached hydrogens (tertiary/aromatic N) is 4. The van der Waals surface area contributed by atoms with Gasteiger partial charge >= 0.3 is 0 Å². The third-order valence-electron chi connectivity index (χ3n) is 5.17. The summed E-state index contributed by atoms with van der Waals surface area (Å²) in [7, 11) is 1.61. The molecule has 0 saturated carbocycles. The zero-order valence-corrected chi connectivity index (χ0v) is 18.9. The van der Waals surface area contributed by atoms with Crippen LogP contribution in [0.4, 0.5) is 0 Å². The lowest BCUT2D eigenvalue weighted by atomic mass is 10.2. The molecule has 0 aliphatic rings. The number of methoxy groups -OCH3 is 1. The highest BCUT2D eigenvalue weighted by atomic mass is 32.2. The van der Waals surface area contributed by atoms with Gasteiger partial charge in [0, 0.05) is 13.1 Å². The number of amides is 1. The Hall–Kier alpha value is -3.33. The lowest BCUT2D eigenvalue weighted by Crippen LogP contribution is -2.25. The zero-order valence-electron chi connectivity index (χ0n) is 18.1. The van der Waals surface area contributed by atoms with E-state index in [0.29, 0.717) is 29.4 Å². The summed E-state index contributed by atoms with van der Waals surface area (Å²) >= 11 is 1.30. The van der Waals surface area contributed by atoms with Gasteiger partial charge in [-0.05, 0) is 36.2 Å². The van der Waals surface area contributed by atoms with Crippen LogP contribution in [-0.4, -0.2) is 37.9 Å². The maximum absolute atomic E-state index is 13.0. The number of rotatable bonds is 9. The lowest BCUT2D eigenvalue weighted by molar-refractivity contribution is -0.118. The molecule has 0 atom stereocenters. The Labute approximate surface area is 189 Å². The summed E-state index contributed by atoms with van der Waals surface area (Å²) in [5.41, 5.74) is 1.63. The van der Waals surface area contributed by atoms with Gasteiger partial charge in [-0.1, -0.05) is 49.4 Å². The van der Waals surface area contributed by atoms with Gasteiger partial charge in [0.1, 0.15) is 5.75 Å². The number of benzene rings is 2. The Kier molecular flexibility index (Phi) is 6.75. The number of para-hydroxylation sites is 1. The Balaban J connectivity index is 1.55. The SMILES string of the molecule is CCCCn1c(=O)c2ccccc2n2c(SCC(=O)NCc3cccc(OC)c3)nnc12. The van der Waals surface area contributed by atoms with Crippen molar-refractivity contribution in [2.24, 2.45) is 0 Å². The fraction of sp³-hybridized carbons (Fsp3) is 0.304. The average Bonchev–Trinajstić information content (AvgIpc) is 3.25. The van der Waals surface area contributed by atoms with Gasteiger partial charge in [0.15, 0.2) is 5.16 Å². The zero-order chi connectivity index (χ0) is 22.5. The van der Waals surface area contributed by atoms with Crippen molar-refractivity contribution in [2.45, 2.75) is 38.0 Å². The number of carbonyl (C=O) groups excluding carboxylic acids is 1. The maximum Gasteiger partial charge on any atom is 0.262 e. The van der Waals surface area contributed by atoms with Crippen LogP contribution in [0.25, 0.3) is 16.7 Å². The summed E-state index contributed by atoms with van der Waals surface area (Å²) in [6.07, 6.45) is 1.84. The molecule has 1 N–H and O–H groups in total. The number of hydrogen-bond donors (Lipinski definition) is 1. The molecule has 0 aliphatic heterocycles. The van der Waals surface area contributed by atoms with E-state index in [1.807, 2.05) is 52.9 Å². The van der Waals surface area contributed by atoms with E-state index in [2.05, 4.69) is 22.4 Å². The van der Waals surface area contributed by atoms with Crippen molar-refractivity contribution in [1.29, 1.82) is 0 Å². The third-order valence-corrected chi connectivity index (χ3v) is 6.10. The molecule has 0 aliphatic carbocycles. The second kappa shape index (κ2) is 9.86. The van der Waals surface area contributed by atoms with Gasteiger partial charge in [0.05, 0.1) is 23.8 Å². The van der Waals surface area contributed by atoms with E-state index in [-0.39, 0.29) is 17.2 Å². The molecular weight excluding hydrogens is 426 g/mol. The van der Waals surface area contributed by atoms with Crippen LogP contribution in [0.1, 0.15) is 25.3 Å². The summed E-state index contributed by atoms with van der Waals surface area (Å²) in [6.45, 7) is 3.07. The summed E-state index contributed by atoms with van der Waals surface area (Å²) in [4.78, 5) is 25.4. The Bertz CT molecular complexity index is 1310. The Morgan fingerprint density at radius 2 is 2.00 bits per heavy atom. The smallest absolute Gasteiger partial charge is 0.262 e. The molecule has 0 fully saturated rings. The standard InChI is InChI=1S/C23H25N5O3S/c1-3-4-12-27-21(30)18-10-5-6-11-19(18)28-22(27)25-26-23(28)32-15-20(29)24-14-16-8-7-9-17(13-16)31-2/h5-11,13H,3-4,12,14-15H2,1-2H3,(H,24,29). The van der Waals surface area contributed by atoms with Gasteiger partial charge in [0.25, 0.3) is 5.56 Å². The predicted octanol–water partition coefficient (Wildman–Crippen LogP) is 3.26. The highest BCUT2D eigenvalue weighted by Gasteiger charge is 2.17. The molecule has 166 valence electrons. The van der Waals surface area contributed by atoms with E-state index in [1.165, 1.54) is 11.8 Å². The van der Waals surface area contributed by atoms with Crippen LogP contribution in [0.5, 0.6) is 5.75 Å². The molecule has 0 unspecified atom stereocenters. The van der Waals surface area contributed by atoms with Crippen molar-refractivity contribution in [1.82, 2.24) is 24.5 Å². The topological polar surface area (TPSA) is 90.5 Å². The molecule has 32 heavy (non-hydrogen) atoms.